The molecule has 1 N–H and O–H groups in total. The summed E-state index contributed by atoms with van der Waals surface area (Å²) in [6.45, 7) is 6.69. The maximum atomic E-state index is 13.0. The van der Waals surface area contributed by atoms with E-state index < -0.39 is 12.0 Å². The SMILES string of the molecule is CCCOC(=O)C1=C(C)Nc2nnnn2C1c1ccc(OCc2ccccc2Cl)c(OCC)c1. The number of hydrogen-bond acceptors (Lipinski definition) is 8. The van der Waals surface area contributed by atoms with Crippen molar-refractivity contribution in [2.45, 2.75) is 39.8 Å². The molecule has 3 aromatic rings. The molecule has 0 saturated heterocycles. The zero-order valence-electron chi connectivity index (χ0n) is 19.2. The molecule has 1 aliphatic rings. The van der Waals surface area contributed by atoms with E-state index in [4.69, 9.17) is 25.8 Å². The lowest BCUT2D eigenvalue weighted by molar-refractivity contribution is -0.139. The Balaban J connectivity index is 1.69. The highest BCUT2D eigenvalue weighted by Gasteiger charge is 2.35. The molecule has 0 bridgehead atoms. The second kappa shape index (κ2) is 10.6. The molecule has 2 aromatic carbocycles. The van der Waals surface area contributed by atoms with Gasteiger partial charge in [-0.1, -0.05) is 47.9 Å². The van der Waals surface area contributed by atoms with E-state index in [1.165, 1.54) is 0 Å². The number of nitrogens with zero attached hydrogens (tertiary/aromatic N) is 4. The predicted octanol–water partition coefficient (Wildman–Crippen LogP) is 4.55. The number of carbonyl (C=O) groups is 1. The fourth-order valence-electron chi connectivity index (χ4n) is 3.71. The van der Waals surface area contributed by atoms with Crippen LogP contribution in [0.1, 0.15) is 44.4 Å². The number of fused-ring (bicyclic) bond motifs is 1. The van der Waals surface area contributed by atoms with Gasteiger partial charge in [-0.05, 0) is 54.5 Å². The van der Waals surface area contributed by atoms with Crippen molar-refractivity contribution in [1.82, 2.24) is 20.2 Å². The van der Waals surface area contributed by atoms with Crippen molar-refractivity contribution in [1.29, 1.82) is 0 Å². The second-order valence-corrected chi connectivity index (χ2v) is 8.08. The van der Waals surface area contributed by atoms with Gasteiger partial charge in [0.2, 0.25) is 5.95 Å². The lowest BCUT2D eigenvalue weighted by Gasteiger charge is -2.28. The number of benzene rings is 2. The Labute approximate surface area is 202 Å². The lowest BCUT2D eigenvalue weighted by atomic mass is 9.95. The van der Waals surface area contributed by atoms with Crippen molar-refractivity contribution < 1.29 is 19.0 Å². The van der Waals surface area contributed by atoms with Crippen LogP contribution in [0.25, 0.3) is 0 Å². The largest absolute Gasteiger partial charge is 0.490 e. The van der Waals surface area contributed by atoms with Crippen LogP contribution >= 0.6 is 11.6 Å². The lowest BCUT2D eigenvalue weighted by Crippen LogP contribution is -2.29. The number of allylic oxidation sites excluding steroid dienone is 1. The van der Waals surface area contributed by atoms with Gasteiger partial charge in [0.15, 0.2) is 11.5 Å². The van der Waals surface area contributed by atoms with E-state index in [9.17, 15) is 4.79 Å². The molecule has 1 aliphatic heterocycles. The molecule has 9 nitrogen and oxygen atoms in total. The van der Waals surface area contributed by atoms with Gasteiger partial charge in [0.1, 0.15) is 12.6 Å². The third-order valence-electron chi connectivity index (χ3n) is 5.30. The summed E-state index contributed by atoms with van der Waals surface area (Å²) in [7, 11) is 0. The standard InChI is InChI=1S/C24H26ClN5O4/c1-4-12-33-23(31)21-15(3)26-24-27-28-29-30(24)22(21)16-10-11-19(20(13-16)32-5-2)34-14-17-8-6-7-9-18(17)25/h6-11,13,22H,4-5,12,14H2,1-3H3,(H,26,27,29). The van der Waals surface area contributed by atoms with Crippen LogP contribution in [0.4, 0.5) is 5.95 Å². The average Bonchev–Trinajstić information content (AvgIpc) is 3.30. The minimum Gasteiger partial charge on any atom is -0.490 e. The van der Waals surface area contributed by atoms with E-state index >= 15 is 0 Å². The van der Waals surface area contributed by atoms with Crippen molar-refractivity contribution in [3.05, 3.63) is 69.9 Å². The van der Waals surface area contributed by atoms with E-state index in [0.717, 1.165) is 17.5 Å². The molecule has 0 saturated carbocycles. The first kappa shape index (κ1) is 23.6. The summed E-state index contributed by atoms with van der Waals surface area (Å²) < 4.78 is 18.9. The number of anilines is 1. The summed E-state index contributed by atoms with van der Waals surface area (Å²) >= 11 is 6.26. The van der Waals surface area contributed by atoms with Gasteiger partial charge in [0.05, 0.1) is 18.8 Å². The first-order valence-corrected chi connectivity index (χ1v) is 11.5. The fraction of sp³-hybridized carbons (Fsp3) is 0.333. The fourth-order valence-corrected chi connectivity index (χ4v) is 3.90. The van der Waals surface area contributed by atoms with Crippen LogP contribution < -0.4 is 14.8 Å². The third kappa shape index (κ3) is 4.84. The molecule has 0 aliphatic carbocycles. The van der Waals surface area contributed by atoms with Crippen LogP contribution in [0.3, 0.4) is 0 Å². The van der Waals surface area contributed by atoms with Gasteiger partial charge >= 0.3 is 5.97 Å². The Morgan fingerprint density at radius 2 is 1.97 bits per heavy atom. The Morgan fingerprint density at radius 1 is 1.15 bits per heavy atom. The van der Waals surface area contributed by atoms with E-state index in [2.05, 4.69) is 20.8 Å². The Kier molecular flexibility index (Phi) is 7.32. The molecule has 1 atom stereocenters. The molecule has 2 heterocycles. The van der Waals surface area contributed by atoms with Crippen LogP contribution in [0.5, 0.6) is 11.5 Å². The third-order valence-corrected chi connectivity index (χ3v) is 5.66. The van der Waals surface area contributed by atoms with Crippen molar-refractivity contribution in [3.63, 3.8) is 0 Å². The zero-order chi connectivity index (χ0) is 24.1. The summed E-state index contributed by atoms with van der Waals surface area (Å²) in [5.41, 5.74) is 2.68. The summed E-state index contributed by atoms with van der Waals surface area (Å²) in [5.74, 6) is 1.12. The highest BCUT2D eigenvalue weighted by atomic mass is 35.5. The van der Waals surface area contributed by atoms with Gasteiger partial charge in [0.25, 0.3) is 0 Å². The molecular weight excluding hydrogens is 458 g/mol. The number of ether oxygens (including phenoxy) is 3. The number of nitrogens with one attached hydrogen (secondary N) is 1. The number of esters is 1. The van der Waals surface area contributed by atoms with Gasteiger partial charge in [-0.25, -0.2) is 4.79 Å². The van der Waals surface area contributed by atoms with Crippen molar-refractivity contribution in [3.8, 4) is 11.5 Å². The van der Waals surface area contributed by atoms with Crippen molar-refractivity contribution >= 4 is 23.5 Å². The van der Waals surface area contributed by atoms with E-state index in [1.54, 1.807) is 11.6 Å². The van der Waals surface area contributed by atoms with Crippen LogP contribution in [0.2, 0.25) is 5.02 Å². The predicted molar refractivity (Wildman–Crippen MR) is 127 cm³/mol. The van der Waals surface area contributed by atoms with Crippen LogP contribution in [-0.2, 0) is 16.1 Å². The minimum atomic E-state index is -0.590. The highest BCUT2D eigenvalue weighted by molar-refractivity contribution is 6.31. The van der Waals surface area contributed by atoms with E-state index in [0.29, 0.717) is 47.0 Å². The molecule has 0 fully saturated rings. The monoisotopic (exact) mass is 483 g/mol. The molecule has 34 heavy (non-hydrogen) atoms. The molecule has 0 spiro atoms. The quantitative estimate of drug-likeness (QED) is 0.442. The molecule has 0 radical (unpaired) electrons. The Hall–Kier alpha value is -3.59. The van der Waals surface area contributed by atoms with Gasteiger partial charge < -0.3 is 19.5 Å². The number of aromatic nitrogens is 4. The normalized spacial score (nSPS) is 14.9. The number of carbonyl (C=O) groups excluding carboxylic acids is 1. The Morgan fingerprint density at radius 3 is 2.74 bits per heavy atom. The van der Waals surface area contributed by atoms with Crippen LogP contribution in [0.15, 0.2) is 53.7 Å². The zero-order valence-corrected chi connectivity index (χ0v) is 20.0. The summed E-state index contributed by atoms with van der Waals surface area (Å²) in [6.07, 6.45) is 0.720. The summed E-state index contributed by atoms with van der Waals surface area (Å²) in [6, 6.07) is 12.4. The topological polar surface area (TPSA) is 100 Å². The van der Waals surface area contributed by atoms with Gasteiger partial charge in [0, 0.05) is 16.3 Å². The highest BCUT2D eigenvalue weighted by Crippen LogP contribution is 2.39. The van der Waals surface area contributed by atoms with E-state index in [1.807, 2.05) is 56.3 Å². The maximum absolute atomic E-state index is 13.0. The van der Waals surface area contributed by atoms with Crippen molar-refractivity contribution in [2.24, 2.45) is 0 Å². The molecule has 178 valence electrons. The van der Waals surface area contributed by atoms with Gasteiger partial charge in [-0.3, -0.25) is 0 Å². The molecule has 4 rings (SSSR count). The summed E-state index contributed by atoms with van der Waals surface area (Å²) in [5, 5.41) is 15.6. The maximum Gasteiger partial charge on any atom is 0.338 e. The van der Waals surface area contributed by atoms with Crippen LogP contribution in [0, 0.1) is 0 Å². The molecule has 10 heteroatoms. The molecule has 1 aromatic heterocycles. The first-order chi connectivity index (χ1) is 16.5. The second-order valence-electron chi connectivity index (χ2n) is 7.67. The average molecular weight is 484 g/mol. The molecule has 0 amide bonds. The van der Waals surface area contributed by atoms with Gasteiger partial charge in [-0.15, -0.1) is 0 Å². The van der Waals surface area contributed by atoms with Crippen LogP contribution in [-0.4, -0.2) is 39.4 Å². The Bertz CT molecular complexity index is 1210. The van der Waals surface area contributed by atoms with Crippen molar-refractivity contribution in [2.75, 3.05) is 18.5 Å². The number of tetrazole rings is 1. The van der Waals surface area contributed by atoms with E-state index in [-0.39, 0.29) is 6.61 Å². The first-order valence-electron chi connectivity index (χ1n) is 11.1. The minimum absolute atomic E-state index is 0.289. The smallest absolute Gasteiger partial charge is 0.338 e. The number of halogens is 1. The number of hydrogen-bond donors (Lipinski definition) is 1. The van der Waals surface area contributed by atoms with Gasteiger partial charge in [-0.2, -0.15) is 4.68 Å². The molecular formula is C24H26ClN5O4. The number of rotatable bonds is 9. The molecule has 1 unspecified atom stereocenters. The summed E-state index contributed by atoms with van der Waals surface area (Å²) in [4.78, 5) is 13.0.